The second-order valence-electron chi connectivity index (χ2n) is 8.35. The van der Waals surface area contributed by atoms with Crippen molar-refractivity contribution >= 4 is 33.9 Å². The minimum atomic E-state index is -4.74. The largest absolute Gasteiger partial charge is 0.423 e. The highest BCUT2D eigenvalue weighted by molar-refractivity contribution is 6.32. The van der Waals surface area contributed by atoms with Crippen LogP contribution in [0.4, 0.5) is 33.5 Å². The molecule has 0 saturated carbocycles. The van der Waals surface area contributed by atoms with Crippen LogP contribution in [0, 0.1) is 11.6 Å². The lowest BCUT2D eigenvalue weighted by Crippen LogP contribution is -2.24. The topological polar surface area (TPSA) is 146 Å². The third kappa shape index (κ3) is 6.69. The third-order valence-corrected chi connectivity index (χ3v) is 5.87. The Morgan fingerprint density at radius 3 is 2.38 bits per heavy atom. The Kier molecular flexibility index (Phi) is 9.22. The molecule has 0 unspecified atom stereocenters. The highest BCUT2D eigenvalue weighted by atomic mass is 35.5. The van der Waals surface area contributed by atoms with E-state index in [1.807, 2.05) is 0 Å². The summed E-state index contributed by atoms with van der Waals surface area (Å²) in [6.45, 7) is 2.56. The van der Waals surface area contributed by atoms with E-state index in [0.717, 1.165) is 31.9 Å². The summed E-state index contributed by atoms with van der Waals surface area (Å²) in [5.41, 5.74) is 6.38. The van der Waals surface area contributed by atoms with Crippen LogP contribution in [0.15, 0.2) is 40.3 Å². The minimum Gasteiger partial charge on any atom is -0.397 e. The van der Waals surface area contributed by atoms with Gasteiger partial charge in [-0.3, -0.25) is 9.59 Å². The molecule has 0 aliphatic rings. The number of H-pyrrole nitrogens is 1. The van der Waals surface area contributed by atoms with Crippen molar-refractivity contribution in [3.63, 3.8) is 0 Å². The van der Waals surface area contributed by atoms with Gasteiger partial charge in [0.2, 0.25) is 0 Å². The number of anilines is 2. The third-order valence-electron chi connectivity index (χ3n) is 5.58. The molecule has 3 aromatic heterocycles. The number of aromatic nitrogens is 5. The first-order valence-electron chi connectivity index (χ1n) is 11.6. The highest BCUT2D eigenvalue weighted by Gasteiger charge is 2.36. The number of rotatable bonds is 6. The molecule has 0 aliphatic carbocycles. The van der Waals surface area contributed by atoms with E-state index in [9.17, 15) is 31.5 Å². The SMILES string of the molecule is CCCCCCn1ccc2cc(-c3ncc(Cl)c(N)n3)c(F)c(F)c2c1=O.Nc1cn[nH]c(=O)c1C(F)(F)F. The number of unbranched alkanes of at least 4 members (excludes halogenated alkanes) is 3. The number of hydrogen-bond donors (Lipinski definition) is 3. The van der Waals surface area contributed by atoms with E-state index >= 15 is 0 Å². The first-order chi connectivity index (χ1) is 18.4. The molecule has 5 N–H and O–H groups in total. The summed E-state index contributed by atoms with van der Waals surface area (Å²) in [6.07, 6.45) is 2.74. The van der Waals surface area contributed by atoms with Crippen molar-refractivity contribution in [3.8, 4) is 11.4 Å². The van der Waals surface area contributed by atoms with Crippen LogP contribution in [0.1, 0.15) is 38.2 Å². The molecule has 9 nitrogen and oxygen atoms in total. The number of nitrogens with two attached hydrogens (primary N) is 2. The van der Waals surface area contributed by atoms with Crippen molar-refractivity contribution < 1.29 is 22.0 Å². The van der Waals surface area contributed by atoms with E-state index in [2.05, 4.69) is 22.0 Å². The number of pyridine rings is 1. The van der Waals surface area contributed by atoms with Crippen LogP contribution in [0.5, 0.6) is 0 Å². The maximum absolute atomic E-state index is 14.7. The number of alkyl halides is 3. The van der Waals surface area contributed by atoms with E-state index in [-0.39, 0.29) is 33.0 Å². The summed E-state index contributed by atoms with van der Waals surface area (Å²) < 4.78 is 66.7. The van der Waals surface area contributed by atoms with Gasteiger partial charge in [0.25, 0.3) is 11.1 Å². The summed E-state index contributed by atoms with van der Waals surface area (Å²) in [7, 11) is 0. The van der Waals surface area contributed by atoms with E-state index in [0.29, 0.717) is 6.54 Å². The summed E-state index contributed by atoms with van der Waals surface area (Å²) >= 11 is 5.77. The number of aryl methyl sites for hydroxylation is 1. The lowest BCUT2D eigenvalue weighted by Gasteiger charge is -2.10. The first-order valence-corrected chi connectivity index (χ1v) is 11.9. The molecule has 0 radical (unpaired) electrons. The first kappa shape index (κ1) is 29.5. The minimum absolute atomic E-state index is 0.0379. The van der Waals surface area contributed by atoms with Crippen molar-refractivity contribution in [1.29, 1.82) is 0 Å². The Morgan fingerprint density at radius 2 is 1.79 bits per heavy atom. The van der Waals surface area contributed by atoms with E-state index < -0.39 is 40.2 Å². The van der Waals surface area contributed by atoms with Gasteiger partial charge in [-0.05, 0) is 23.9 Å². The highest BCUT2D eigenvalue weighted by Crippen LogP contribution is 2.30. The molecule has 0 bridgehead atoms. The maximum Gasteiger partial charge on any atom is 0.423 e. The lowest BCUT2D eigenvalue weighted by atomic mass is 10.1. The molecule has 0 atom stereocenters. The van der Waals surface area contributed by atoms with Crippen LogP contribution in [-0.2, 0) is 12.7 Å². The Labute approximate surface area is 222 Å². The van der Waals surface area contributed by atoms with Crippen molar-refractivity contribution in [3.05, 3.63) is 73.7 Å². The maximum atomic E-state index is 14.7. The standard InChI is InChI=1S/C19H19ClF2N4O.C5H4F3N3O/c1-2-3-4-5-7-26-8-6-11-9-12(15(21)16(22)14(11)19(26)27)18-24-10-13(20)17(23)25-18;6-5(7,8)3-2(9)1-10-11-4(3)12/h6,8-10H,2-5,7H2,1H3,(H2,23,24,25);1H,(H3,9,11,12). The van der Waals surface area contributed by atoms with Gasteiger partial charge in [-0.25, -0.2) is 23.8 Å². The zero-order valence-electron chi connectivity index (χ0n) is 20.5. The van der Waals surface area contributed by atoms with E-state index in [4.69, 9.17) is 23.1 Å². The molecule has 0 fully saturated rings. The fourth-order valence-electron chi connectivity index (χ4n) is 3.64. The number of halogens is 6. The molecular weight excluding hydrogens is 549 g/mol. The molecule has 1 aromatic carbocycles. The zero-order valence-corrected chi connectivity index (χ0v) is 21.2. The second kappa shape index (κ2) is 12.2. The van der Waals surface area contributed by atoms with Gasteiger partial charge in [-0.15, -0.1) is 0 Å². The molecule has 4 aromatic rings. The molecule has 0 amide bonds. The molecular formula is C24H23ClF5N7O2. The van der Waals surface area contributed by atoms with Crippen molar-refractivity contribution in [2.75, 3.05) is 11.5 Å². The number of hydrogen-bond acceptors (Lipinski definition) is 7. The number of nitrogen functional groups attached to an aromatic ring is 2. The molecule has 0 spiro atoms. The van der Waals surface area contributed by atoms with Gasteiger partial charge in [0.05, 0.1) is 29.0 Å². The molecule has 3 heterocycles. The molecule has 39 heavy (non-hydrogen) atoms. The Morgan fingerprint density at radius 1 is 1.08 bits per heavy atom. The zero-order chi connectivity index (χ0) is 28.9. The Hall–Kier alpha value is -4.07. The lowest BCUT2D eigenvalue weighted by molar-refractivity contribution is -0.138. The number of fused-ring (bicyclic) bond motifs is 1. The van der Waals surface area contributed by atoms with Crippen LogP contribution in [0.2, 0.25) is 5.02 Å². The molecule has 0 aliphatic heterocycles. The number of nitrogens with zero attached hydrogens (tertiary/aromatic N) is 4. The van der Waals surface area contributed by atoms with Crippen molar-refractivity contribution in [2.45, 2.75) is 45.3 Å². The van der Waals surface area contributed by atoms with Crippen LogP contribution in [-0.4, -0.2) is 24.7 Å². The summed E-state index contributed by atoms with van der Waals surface area (Å²) in [4.78, 5) is 31.0. The number of benzene rings is 1. The van der Waals surface area contributed by atoms with Gasteiger partial charge in [-0.2, -0.15) is 18.3 Å². The van der Waals surface area contributed by atoms with Gasteiger partial charge >= 0.3 is 6.18 Å². The van der Waals surface area contributed by atoms with Gasteiger partial charge < -0.3 is 16.0 Å². The van der Waals surface area contributed by atoms with Crippen LogP contribution >= 0.6 is 11.6 Å². The smallest absolute Gasteiger partial charge is 0.397 e. The molecule has 0 saturated heterocycles. The average Bonchev–Trinajstić information content (AvgIpc) is 2.86. The van der Waals surface area contributed by atoms with E-state index in [1.165, 1.54) is 16.8 Å². The number of nitrogens with one attached hydrogen (secondary N) is 1. The van der Waals surface area contributed by atoms with Gasteiger partial charge in [-0.1, -0.05) is 37.8 Å². The van der Waals surface area contributed by atoms with Gasteiger partial charge in [0.15, 0.2) is 17.5 Å². The normalized spacial score (nSPS) is 11.4. The quantitative estimate of drug-likeness (QED) is 0.220. The predicted octanol–water partition coefficient (Wildman–Crippen LogP) is 4.92. The van der Waals surface area contributed by atoms with E-state index in [1.54, 1.807) is 17.4 Å². The Balaban J connectivity index is 0.000000293. The van der Waals surface area contributed by atoms with Crippen LogP contribution < -0.4 is 22.6 Å². The van der Waals surface area contributed by atoms with Crippen molar-refractivity contribution in [2.24, 2.45) is 0 Å². The number of aromatic amines is 1. The molecule has 15 heteroatoms. The monoisotopic (exact) mass is 571 g/mol. The molecule has 4 rings (SSSR count). The summed E-state index contributed by atoms with van der Waals surface area (Å²) in [5.74, 6) is -2.54. The summed E-state index contributed by atoms with van der Waals surface area (Å²) in [6, 6.07) is 2.93. The fourth-order valence-corrected chi connectivity index (χ4v) is 3.73. The van der Waals surface area contributed by atoms with Gasteiger partial charge in [0, 0.05) is 12.7 Å². The van der Waals surface area contributed by atoms with Crippen LogP contribution in [0.25, 0.3) is 22.2 Å². The average molecular weight is 572 g/mol. The second-order valence-corrected chi connectivity index (χ2v) is 8.75. The van der Waals surface area contributed by atoms with Crippen LogP contribution in [0.3, 0.4) is 0 Å². The van der Waals surface area contributed by atoms with Gasteiger partial charge in [0.1, 0.15) is 16.4 Å². The Bertz CT molecular complexity index is 1610. The predicted molar refractivity (Wildman–Crippen MR) is 137 cm³/mol. The van der Waals surface area contributed by atoms with Crippen molar-refractivity contribution in [1.82, 2.24) is 24.7 Å². The fraction of sp³-hybridized carbons (Fsp3) is 0.292. The summed E-state index contributed by atoms with van der Waals surface area (Å²) in [5, 5.41) is 4.85. The molecule has 208 valence electrons.